The van der Waals surface area contributed by atoms with Crippen molar-refractivity contribution in [2.24, 2.45) is 40.4 Å². The minimum absolute atomic E-state index is 0.0581. The van der Waals surface area contributed by atoms with Crippen molar-refractivity contribution in [3.8, 4) is 0 Å². The van der Waals surface area contributed by atoms with Crippen LogP contribution in [0.15, 0.2) is 11.6 Å². The van der Waals surface area contributed by atoms with E-state index < -0.39 is 0 Å². The van der Waals surface area contributed by atoms with Gasteiger partial charge >= 0.3 is 0 Å². The van der Waals surface area contributed by atoms with Gasteiger partial charge in [-0.15, -0.1) is 0 Å². The number of rotatable bonds is 13. The van der Waals surface area contributed by atoms with E-state index in [9.17, 15) is 4.79 Å². The van der Waals surface area contributed by atoms with E-state index in [1.54, 1.807) is 0 Å². The molecule has 37 heavy (non-hydrogen) atoms. The Morgan fingerprint density at radius 1 is 0.865 bits per heavy atom. The first-order valence-corrected chi connectivity index (χ1v) is 16.6. The van der Waals surface area contributed by atoms with Crippen LogP contribution in [0.25, 0.3) is 0 Å². The minimum Gasteiger partial charge on any atom is -0.374 e. The molecule has 0 heterocycles. The summed E-state index contributed by atoms with van der Waals surface area (Å²) in [6.45, 7) is 15.7. The molecular formula is C35H60O2. The highest BCUT2D eigenvalue weighted by molar-refractivity contribution is 5.91. The zero-order valence-electron chi connectivity index (χ0n) is 25.5. The van der Waals surface area contributed by atoms with Gasteiger partial charge < -0.3 is 4.74 Å². The number of hydrogen-bond acceptors (Lipinski definition) is 2. The molecule has 0 spiro atoms. The van der Waals surface area contributed by atoms with Gasteiger partial charge in [0.15, 0.2) is 5.78 Å². The third kappa shape index (κ3) is 5.67. The average Bonchev–Trinajstić information content (AvgIpc) is 3.17. The lowest BCUT2D eigenvalue weighted by atomic mass is 9.45. The number of ketones is 1. The Labute approximate surface area is 230 Å². The predicted molar refractivity (Wildman–Crippen MR) is 157 cm³/mol. The van der Waals surface area contributed by atoms with Crippen molar-refractivity contribution in [1.82, 2.24) is 0 Å². The molecule has 0 radical (unpaired) electrons. The standard InChI is InChI=1S/C35H60O2/c1-7-8-9-10-11-12-24-37-35(27(4)15-13-14-26(2)3)23-20-32-30-17-16-28-25-29(36)18-21-33(28,5)31(30)19-22-34(32,35)6/h25-27,30-32H,7-24H2,1-6H3/t27-,30-,31+,32+,33+,34+,35-/m1/s1. The molecule has 212 valence electrons. The van der Waals surface area contributed by atoms with Crippen molar-refractivity contribution in [3.05, 3.63) is 11.6 Å². The zero-order chi connectivity index (χ0) is 26.7. The Balaban J connectivity index is 1.51. The Morgan fingerprint density at radius 2 is 1.59 bits per heavy atom. The smallest absolute Gasteiger partial charge is 0.155 e. The number of allylic oxidation sites excluding steroid dienone is 1. The summed E-state index contributed by atoms with van der Waals surface area (Å²) in [5, 5.41) is 0. The quantitative estimate of drug-likeness (QED) is 0.229. The first-order valence-electron chi connectivity index (χ1n) is 16.6. The molecule has 4 aliphatic carbocycles. The highest BCUT2D eigenvalue weighted by Gasteiger charge is 2.66. The highest BCUT2D eigenvalue weighted by Crippen LogP contribution is 2.69. The predicted octanol–water partition coefficient (Wildman–Crippen LogP) is 10.1. The molecule has 0 amide bonds. The van der Waals surface area contributed by atoms with Crippen LogP contribution in [0.4, 0.5) is 0 Å². The van der Waals surface area contributed by atoms with Crippen LogP contribution < -0.4 is 0 Å². The second-order valence-electron chi connectivity index (χ2n) is 14.7. The van der Waals surface area contributed by atoms with Crippen LogP contribution in [0.1, 0.15) is 151 Å². The van der Waals surface area contributed by atoms with Gasteiger partial charge in [0, 0.05) is 13.0 Å². The van der Waals surface area contributed by atoms with E-state index in [0.717, 1.165) is 49.5 Å². The fraction of sp³-hybridized carbons (Fsp3) is 0.914. The summed E-state index contributed by atoms with van der Waals surface area (Å²) >= 11 is 0. The number of hydrogen-bond donors (Lipinski definition) is 0. The molecule has 0 unspecified atom stereocenters. The van der Waals surface area contributed by atoms with Gasteiger partial charge in [-0.2, -0.15) is 0 Å². The maximum absolute atomic E-state index is 12.2. The van der Waals surface area contributed by atoms with Gasteiger partial charge in [-0.25, -0.2) is 0 Å². The van der Waals surface area contributed by atoms with Crippen LogP contribution in [-0.4, -0.2) is 18.0 Å². The molecule has 0 N–H and O–H groups in total. The number of ether oxygens (including phenoxy) is 1. The van der Waals surface area contributed by atoms with Gasteiger partial charge in [-0.05, 0) is 104 Å². The average molecular weight is 513 g/mol. The molecule has 0 aromatic heterocycles. The molecule has 2 nitrogen and oxygen atoms in total. The molecule has 7 atom stereocenters. The summed E-state index contributed by atoms with van der Waals surface area (Å²) < 4.78 is 7.26. The minimum atomic E-state index is 0.0581. The van der Waals surface area contributed by atoms with Crippen LogP contribution in [-0.2, 0) is 9.53 Å². The first-order chi connectivity index (χ1) is 17.7. The maximum atomic E-state index is 12.2. The van der Waals surface area contributed by atoms with Crippen molar-refractivity contribution < 1.29 is 9.53 Å². The maximum Gasteiger partial charge on any atom is 0.155 e. The molecule has 3 saturated carbocycles. The summed E-state index contributed by atoms with van der Waals surface area (Å²) in [5.41, 5.74) is 2.13. The van der Waals surface area contributed by atoms with Crippen molar-refractivity contribution in [2.75, 3.05) is 6.61 Å². The lowest BCUT2D eigenvalue weighted by Gasteiger charge is -2.60. The first kappa shape index (κ1) is 29.4. The van der Waals surface area contributed by atoms with Gasteiger partial charge in [0.2, 0.25) is 0 Å². The van der Waals surface area contributed by atoms with Crippen molar-refractivity contribution in [2.45, 2.75) is 156 Å². The fourth-order valence-electron chi connectivity index (χ4n) is 9.98. The van der Waals surface area contributed by atoms with Crippen LogP contribution in [0.3, 0.4) is 0 Å². The van der Waals surface area contributed by atoms with E-state index in [0.29, 0.717) is 17.1 Å². The molecule has 4 rings (SSSR count). The van der Waals surface area contributed by atoms with E-state index in [2.05, 4.69) is 47.6 Å². The van der Waals surface area contributed by atoms with E-state index in [4.69, 9.17) is 4.74 Å². The molecule has 0 aromatic rings. The Kier molecular flexibility index (Phi) is 9.73. The molecule has 4 aliphatic rings. The number of carbonyl (C=O) groups excluding carboxylic acids is 1. The van der Waals surface area contributed by atoms with E-state index in [-0.39, 0.29) is 11.0 Å². The summed E-state index contributed by atoms with van der Waals surface area (Å²) in [6.07, 6.45) is 23.7. The van der Waals surface area contributed by atoms with Crippen LogP contribution in [0.2, 0.25) is 0 Å². The molecule has 0 aliphatic heterocycles. The highest BCUT2D eigenvalue weighted by atomic mass is 16.5. The summed E-state index contributed by atoms with van der Waals surface area (Å²) in [4.78, 5) is 12.2. The van der Waals surface area contributed by atoms with Gasteiger partial charge in [-0.3, -0.25) is 4.79 Å². The second kappa shape index (κ2) is 12.3. The largest absolute Gasteiger partial charge is 0.374 e. The van der Waals surface area contributed by atoms with Crippen molar-refractivity contribution in [3.63, 3.8) is 0 Å². The zero-order valence-corrected chi connectivity index (χ0v) is 25.5. The second-order valence-corrected chi connectivity index (χ2v) is 14.7. The van der Waals surface area contributed by atoms with Gasteiger partial charge in [-0.1, -0.05) is 92.1 Å². The lowest BCUT2D eigenvalue weighted by molar-refractivity contribution is -0.185. The SMILES string of the molecule is CCCCCCCCO[C@@]1([C@H](C)CCCC(C)C)CC[C@H]2[C@@H]3CCC4=CC(=O)CC[C@]4(C)[C@H]3CC[C@@]21C. The van der Waals surface area contributed by atoms with E-state index in [1.807, 2.05) is 0 Å². The third-order valence-corrected chi connectivity index (χ3v) is 12.2. The normalized spacial score (nSPS) is 38.2. The van der Waals surface area contributed by atoms with E-state index >= 15 is 0 Å². The molecule has 0 saturated heterocycles. The Morgan fingerprint density at radius 3 is 2.35 bits per heavy atom. The summed E-state index contributed by atoms with van der Waals surface area (Å²) in [5.74, 6) is 4.19. The summed E-state index contributed by atoms with van der Waals surface area (Å²) in [7, 11) is 0. The third-order valence-electron chi connectivity index (χ3n) is 12.2. The Hall–Kier alpha value is -0.630. The lowest BCUT2D eigenvalue weighted by Crippen LogP contribution is -2.58. The van der Waals surface area contributed by atoms with Crippen LogP contribution >= 0.6 is 0 Å². The van der Waals surface area contributed by atoms with Crippen LogP contribution in [0, 0.1) is 40.4 Å². The molecular weight excluding hydrogens is 452 g/mol. The summed E-state index contributed by atoms with van der Waals surface area (Å²) in [6, 6.07) is 0. The molecule has 3 fully saturated rings. The topological polar surface area (TPSA) is 26.3 Å². The van der Waals surface area contributed by atoms with E-state index in [1.165, 1.54) is 95.5 Å². The van der Waals surface area contributed by atoms with Crippen LogP contribution in [0.5, 0.6) is 0 Å². The number of carbonyl (C=O) groups is 1. The monoisotopic (exact) mass is 512 g/mol. The van der Waals surface area contributed by atoms with Gasteiger partial charge in [0.25, 0.3) is 0 Å². The molecule has 2 heteroatoms. The molecule has 0 bridgehead atoms. The van der Waals surface area contributed by atoms with Crippen molar-refractivity contribution >= 4 is 5.78 Å². The van der Waals surface area contributed by atoms with Gasteiger partial charge in [0.05, 0.1) is 5.60 Å². The van der Waals surface area contributed by atoms with Crippen molar-refractivity contribution in [1.29, 1.82) is 0 Å². The fourth-order valence-corrected chi connectivity index (χ4v) is 9.98. The molecule has 0 aromatic carbocycles. The number of unbranched alkanes of at least 4 members (excludes halogenated alkanes) is 5. The van der Waals surface area contributed by atoms with Gasteiger partial charge in [0.1, 0.15) is 0 Å². The Bertz CT molecular complexity index is 797. The number of fused-ring (bicyclic) bond motifs is 5.